The molecule has 3 rings (SSSR count). The molecule has 0 unspecified atom stereocenters. The molecule has 1 heterocycles. The van der Waals surface area contributed by atoms with E-state index < -0.39 is 5.60 Å². The lowest BCUT2D eigenvalue weighted by molar-refractivity contribution is 0.0394. The number of fused-ring (bicyclic) bond motifs is 1. The Balaban J connectivity index is 1.77. The largest absolute Gasteiger partial charge is 0.490 e. The van der Waals surface area contributed by atoms with Gasteiger partial charge in [0.1, 0.15) is 29.5 Å². The Bertz CT molecular complexity index is 743. The normalized spacial score (nSPS) is 14.1. The molecule has 0 radical (unpaired) electrons. The van der Waals surface area contributed by atoms with Gasteiger partial charge in [-0.15, -0.1) is 0 Å². The van der Waals surface area contributed by atoms with Gasteiger partial charge in [-0.3, -0.25) is 0 Å². The molecule has 0 spiro atoms. The Morgan fingerprint density at radius 2 is 1.88 bits per heavy atom. The average molecular weight is 359 g/mol. The van der Waals surface area contributed by atoms with Crippen LogP contribution in [0.15, 0.2) is 53.4 Å². The first kappa shape index (κ1) is 17.5. The summed E-state index contributed by atoms with van der Waals surface area (Å²) >= 11 is 1.31. The molecule has 1 aliphatic rings. The molecule has 0 aliphatic carbocycles. The fourth-order valence-electron chi connectivity index (χ4n) is 2.21. The van der Waals surface area contributed by atoms with Gasteiger partial charge in [0.25, 0.3) is 0 Å². The van der Waals surface area contributed by atoms with Crippen LogP contribution in [0.1, 0.15) is 20.8 Å². The maximum atomic E-state index is 12.3. The average Bonchev–Trinajstić information content (AvgIpc) is 2.76. The van der Waals surface area contributed by atoms with Crippen molar-refractivity contribution in [1.29, 1.82) is 0 Å². The van der Waals surface area contributed by atoms with E-state index in [0.29, 0.717) is 18.9 Å². The third-order valence-electron chi connectivity index (χ3n) is 3.25. The Morgan fingerprint density at radius 3 is 2.60 bits per heavy atom. The molecule has 0 bridgehead atoms. The van der Waals surface area contributed by atoms with E-state index in [1.54, 1.807) is 4.31 Å². The predicted molar refractivity (Wildman–Crippen MR) is 97.3 cm³/mol. The Hall–Kier alpha value is -2.34. The summed E-state index contributed by atoms with van der Waals surface area (Å²) in [5, 5.41) is 0. The molecule has 2 aromatic rings. The number of ether oxygens (including phenoxy) is 3. The zero-order valence-electron chi connectivity index (χ0n) is 14.5. The number of nitrogens with zero attached hydrogens (tertiary/aromatic N) is 1. The first-order valence-electron chi connectivity index (χ1n) is 8.09. The third kappa shape index (κ3) is 4.82. The second-order valence-electron chi connectivity index (χ2n) is 6.55. The van der Waals surface area contributed by atoms with E-state index in [1.165, 1.54) is 11.9 Å². The molecule has 0 aromatic heterocycles. The van der Waals surface area contributed by atoms with Crippen LogP contribution < -0.4 is 9.47 Å². The number of amides is 1. The molecule has 5 nitrogen and oxygen atoms in total. The highest BCUT2D eigenvalue weighted by molar-refractivity contribution is 7.97. The minimum absolute atomic E-state index is 0.372. The molecule has 0 saturated carbocycles. The second kappa shape index (κ2) is 7.27. The van der Waals surface area contributed by atoms with Crippen LogP contribution >= 0.6 is 11.9 Å². The Kier molecular flexibility index (Phi) is 5.08. The maximum Gasteiger partial charge on any atom is 0.420 e. The van der Waals surface area contributed by atoms with Crippen LogP contribution in [0.25, 0.3) is 0 Å². The van der Waals surface area contributed by atoms with Crippen molar-refractivity contribution < 1.29 is 19.0 Å². The van der Waals surface area contributed by atoms with E-state index >= 15 is 0 Å². The highest BCUT2D eigenvalue weighted by Gasteiger charge is 2.26. The lowest BCUT2D eigenvalue weighted by Gasteiger charge is -2.25. The molecule has 132 valence electrons. The van der Waals surface area contributed by atoms with Gasteiger partial charge in [0.2, 0.25) is 0 Å². The van der Waals surface area contributed by atoms with Crippen LogP contribution in [0.2, 0.25) is 0 Å². The molecule has 6 heteroatoms. The molecule has 25 heavy (non-hydrogen) atoms. The highest BCUT2D eigenvalue weighted by Crippen LogP contribution is 2.38. The maximum absolute atomic E-state index is 12.3. The summed E-state index contributed by atoms with van der Waals surface area (Å²) in [4.78, 5) is 13.2. The summed E-state index contributed by atoms with van der Waals surface area (Å²) in [6.45, 7) is 6.41. The van der Waals surface area contributed by atoms with Crippen molar-refractivity contribution >= 4 is 18.0 Å². The molecular formula is C19H21NO4S. The number of carbonyl (C=O) groups excluding carboxylic acids is 1. The summed E-state index contributed by atoms with van der Waals surface area (Å²) in [7, 11) is 0. The first-order chi connectivity index (χ1) is 11.9. The molecular weight excluding hydrogens is 338 g/mol. The topological polar surface area (TPSA) is 48.0 Å². The van der Waals surface area contributed by atoms with Crippen molar-refractivity contribution in [2.45, 2.75) is 31.3 Å². The number of hydrogen-bond acceptors (Lipinski definition) is 5. The van der Waals surface area contributed by atoms with Crippen LogP contribution in [0, 0.1) is 0 Å². The summed E-state index contributed by atoms with van der Waals surface area (Å²) in [5.74, 6) is 2.18. The first-order valence-corrected chi connectivity index (χ1v) is 8.86. The van der Waals surface area contributed by atoms with Crippen LogP contribution in [-0.4, -0.2) is 29.2 Å². The van der Waals surface area contributed by atoms with Gasteiger partial charge in [0.15, 0.2) is 0 Å². The molecule has 0 saturated heterocycles. The van der Waals surface area contributed by atoms with E-state index in [4.69, 9.17) is 14.2 Å². The quantitative estimate of drug-likeness (QED) is 0.697. The second-order valence-corrected chi connectivity index (χ2v) is 7.61. The molecule has 0 N–H and O–H groups in total. The number of benzene rings is 2. The van der Waals surface area contributed by atoms with Gasteiger partial charge >= 0.3 is 6.09 Å². The van der Waals surface area contributed by atoms with Crippen molar-refractivity contribution in [3.8, 4) is 17.2 Å². The van der Waals surface area contributed by atoms with Gasteiger partial charge in [0, 0.05) is 0 Å². The van der Waals surface area contributed by atoms with Gasteiger partial charge in [0.05, 0.1) is 11.4 Å². The minimum atomic E-state index is -0.536. The summed E-state index contributed by atoms with van der Waals surface area (Å²) < 4.78 is 18.6. The number of rotatable bonds is 2. The Morgan fingerprint density at radius 1 is 1.12 bits per heavy atom. The molecule has 1 aliphatic heterocycles. The smallest absolute Gasteiger partial charge is 0.420 e. The van der Waals surface area contributed by atoms with E-state index in [0.717, 1.165) is 16.4 Å². The van der Waals surface area contributed by atoms with E-state index in [9.17, 15) is 4.79 Å². The fourth-order valence-corrected chi connectivity index (χ4v) is 3.11. The van der Waals surface area contributed by atoms with Crippen molar-refractivity contribution in [3.63, 3.8) is 0 Å². The number of para-hydroxylation sites is 1. The summed E-state index contributed by atoms with van der Waals surface area (Å²) in [5.41, 5.74) is -0.536. The molecule has 0 fully saturated rings. The summed E-state index contributed by atoms with van der Waals surface area (Å²) in [6.07, 6.45) is -0.372. The standard InChI is InChI=1S/C19H21NO4S/c1-19(2,3)24-18(21)20-11-12-22-16-10-9-15(13-17(16)25-20)23-14-7-5-4-6-8-14/h4-10,13H,11-12H2,1-3H3. The SMILES string of the molecule is CC(C)(C)OC(=O)N1CCOc2ccc(Oc3ccccc3)cc2S1. The third-order valence-corrected chi connectivity index (χ3v) is 4.32. The molecule has 2 aromatic carbocycles. The lowest BCUT2D eigenvalue weighted by atomic mass is 10.2. The highest BCUT2D eigenvalue weighted by atomic mass is 32.2. The Labute approximate surface area is 152 Å². The molecule has 1 amide bonds. The van der Waals surface area contributed by atoms with Crippen molar-refractivity contribution in [3.05, 3.63) is 48.5 Å². The number of carbonyl (C=O) groups is 1. The van der Waals surface area contributed by atoms with Crippen LogP contribution in [0.4, 0.5) is 4.79 Å². The van der Waals surface area contributed by atoms with Crippen LogP contribution in [-0.2, 0) is 4.74 Å². The van der Waals surface area contributed by atoms with Crippen molar-refractivity contribution in [2.75, 3.05) is 13.2 Å². The molecule has 0 atom stereocenters. The van der Waals surface area contributed by atoms with E-state index in [2.05, 4.69) is 0 Å². The van der Waals surface area contributed by atoms with E-state index in [-0.39, 0.29) is 6.09 Å². The summed E-state index contributed by atoms with van der Waals surface area (Å²) in [6, 6.07) is 15.1. The van der Waals surface area contributed by atoms with Crippen molar-refractivity contribution in [1.82, 2.24) is 4.31 Å². The minimum Gasteiger partial charge on any atom is -0.490 e. The van der Waals surface area contributed by atoms with E-state index in [1.807, 2.05) is 69.3 Å². The van der Waals surface area contributed by atoms with Gasteiger partial charge in [-0.1, -0.05) is 18.2 Å². The predicted octanol–water partition coefficient (Wildman–Crippen LogP) is 5.12. The zero-order chi connectivity index (χ0) is 17.9. The fraction of sp³-hybridized carbons (Fsp3) is 0.316. The zero-order valence-corrected chi connectivity index (χ0v) is 15.3. The van der Waals surface area contributed by atoms with Gasteiger partial charge in [-0.2, -0.15) is 0 Å². The number of hydrogen-bond donors (Lipinski definition) is 0. The monoisotopic (exact) mass is 359 g/mol. The van der Waals surface area contributed by atoms with Crippen LogP contribution in [0.5, 0.6) is 17.2 Å². The van der Waals surface area contributed by atoms with Gasteiger partial charge in [-0.25, -0.2) is 9.10 Å². The van der Waals surface area contributed by atoms with Crippen molar-refractivity contribution in [2.24, 2.45) is 0 Å². The van der Waals surface area contributed by atoms with Crippen LogP contribution in [0.3, 0.4) is 0 Å². The van der Waals surface area contributed by atoms with Gasteiger partial charge in [-0.05, 0) is 63.1 Å². The lowest BCUT2D eigenvalue weighted by Crippen LogP contribution is -2.34. The van der Waals surface area contributed by atoms with Gasteiger partial charge < -0.3 is 14.2 Å².